The molecule has 1 aliphatic rings. The molecule has 1 amide bonds. The number of morpholine rings is 1. The number of carbonyl (C=O) groups excluding carboxylic acids is 1. The lowest BCUT2D eigenvalue weighted by Gasteiger charge is -2.27. The predicted molar refractivity (Wildman–Crippen MR) is 51.1 cm³/mol. The van der Waals surface area contributed by atoms with E-state index >= 15 is 0 Å². The van der Waals surface area contributed by atoms with Crippen molar-refractivity contribution in [1.82, 2.24) is 9.80 Å². The smallest absolute Gasteiger partial charge is 0.316 e. The summed E-state index contributed by atoms with van der Waals surface area (Å²) in [4.78, 5) is 14.4. The average Bonchev–Trinajstić information content (AvgIpc) is 2.15. The van der Waals surface area contributed by atoms with Crippen LogP contribution in [-0.2, 0) is 4.74 Å². The van der Waals surface area contributed by atoms with E-state index in [1.165, 1.54) is 4.90 Å². The SMILES string of the molecule is CN(CCN1CCOCC1)C(=O)Cl. The zero-order valence-corrected chi connectivity index (χ0v) is 8.59. The zero-order valence-electron chi connectivity index (χ0n) is 7.83. The van der Waals surface area contributed by atoms with Gasteiger partial charge in [-0.15, -0.1) is 0 Å². The minimum Gasteiger partial charge on any atom is -0.379 e. The topological polar surface area (TPSA) is 32.8 Å². The van der Waals surface area contributed by atoms with Crippen LogP contribution in [-0.4, -0.2) is 61.6 Å². The fourth-order valence-electron chi connectivity index (χ4n) is 1.20. The Morgan fingerprint density at radius 3 is 2.69 bits per heavy atom. The van der Waals surface area contributed by atoms with Crippen LogP contribution in [0, 0.1) is 0 Å². The number of amides is 1. The molecule has 0 aromatic rings. The number of rotatable bonds is 3. The Morgan fingerprint density at radius 1 is 1.54 bits per heavy atom. The molecular weight excluding hydrogens is 192 g/mol. The molecule has 1 aliphatic heterocycles. The Balaban J connectivity index is 2.13. The highest BCUT2D eigenvalue weighted by Gasteiger charge is 2.11. The molecule has 0 aliphatic carbocycles. The normalized spacial score (nSPS) is 18.6. The summed E-state index contributed by atoms with van der Waals surface area (Å²) >= 11 is 5.29. The van der Waals surface area contributed by atoms with Crippen LogP contribution in [0.4, 0.5) is 4.79 Å². The first-order valence-electron chi connectivity index (χ1n) is 4.41. The van der Waals surface area contributed by atoms with Gasteiger partial charge in [-0.2, -0.15) is 0 Å². The fraction of sp³-hybridized carbons (Fsp3) is 0.875. The Morgan fingerprint density at radius 2 is 2.15 bits per heavy atom. The van der Waals surface area contributed by atoms with Crippen molar-refractivity contribution in [2.45, 2.75) is 0 Å². The van der Waals surface area contributed by atoms with Gasteiger partial charge in [0.05, 0.1) is 13.2 Å². The van der Waals surface area contributed by atoms with Crippen molar-refractivity contribution < 1.29 is 9.53 Å². The molecule has 1 rings (SSSR count). The summed E-state index contributed by atoms with van der Waals surface area (Å²) in [6, 6.07) is 0. The minimum absolute atomic E-state index is 0.395. The van der Waals surface area contributed by atoms with Crippen LogP contribution < -0.4 is 0 Å². The third-order valence-corrected chi connectivity index (χ3v) is 2.44. The van der Waals surface area contributed by atoms with Gasteiger partial charge in [0.15, 0.2) is 0 Å². The maximum Gasteiger partial charge on any atom is 0.316 e. The Labute approximate surface area is 83.4 Å². The summed E-state index contributed by atoms with van der Waals surface area (Å²) in [7, 11) is 1.70. The van der Waals surface area contributed by atoms with Gasteiger partial charge in [-0.25, -0.2) is 0 Å². The Hall–Kier alpha value is -0.320. The summed E-state index contributed by atoms with van der Waals surface area (Å²) < 4.78 is 5.21. The van der Waals surface area contributed by atoms with Crippen LogP contribution in [0.2, 0.25) is 0 Å². The van der Waals surface area contributed by atoms with Gasteiger partial charge in [0.25, 0.3) is 0 Å². The van der Waals surface area contributed by atoms with Crippen LogP contribution >= 0.6 is 11.6 Å². The monoisotopic (exact) mass is 206 g/mol. The maximum absolute atomic E-state index is 10.7. The molecular formula is C8H15ClN2O2. The van der Waals surface area contributed by atoms with E-state index in [1.54, 1.807) is 7.05 Å². The molecule has 0 aromatic heterocycles. The summed E-state index contributed by atoms with van der Waals surface area (Å²) in [6.45, 7) is 5.03. The van der Waals surface area contributed by atoms with Crippen LogP contribution in [0.1, 0.15) is 0 Å². The molecule has 0 atom stereocenters. The van der Waals surface area contributed by atoms with E-state index in [0.29, 0.717) is 6.54 Å². The number of hydrogen-bond acceptors (Lipinski definition) is 3. The van der Waals surface area contributed by atoms with Gasteiger partial charge >= 0.3 is 5.37 Å². The van der Waals surface area contributed by atoms with Gasteiger partial charge in [0.2, 0.25) is 0 Å². The van der Waals surface area contributed by atoms with Crippen molar-refractivity contribution >= 4 is 17.0 Å². The summed E-state index contributed by atoms with van der Waals surface area (Å²) in [5.41, 5.74) is 0. The van der Waals surface area contributed by atoms with Crippen molar-refractivity contribution in [2.75, 3.05) is 46.4 Å². The minimum atomic E-state index is -0.395. The second-order valence-electron chi connectivity index (χ2n) is 3.13. The highest BCUT2D eigenvalue weighted by molar-refractivity contribution is 6.62. The van der Waals surface area contributed by atoms with E-state index in [4.69, 9.17) is 16.3 Å². The highest BCUT2D eigenvalue weighted by atomic mass is 35.5. The van der Waals surface area contributed by atoms with Gasteiger partial charge < -0.3 is 9.64 Å². The van der Waals surface area contributed by atoms with E-state index in [-0.39, 0.29) is 0 Å². The third-order valence-electron chi connectivity index (χ3n) is 2.16. The summed E-state index contributed by atoms with van der Waals surface area (Å²) in [6.07, 6.45) is 0. The van der Waals surface area contributed by atoms with E-state index in [9.17, 15) is 4.79 Å². The lowest BCUT2D eigenvalue weighted by atomic mass is 10.4. The third kappa shape index (κ3) is 3.93. The molecule has 4 nitrogen and oxygen atoms in total. The lowest BCUT2D eigenvalue weighted by Crippen LogP contribution is -2.41. The molecule has 0 N–H and O–H groups in total. The van der Waals surface area contributed by atoms with Gasteiger partial charge in [0.1, 0.15) is 0 Å². The Kier molecular flexibility index (Phi) is 4.48. The van der Waals surface area contributed by atoms with Crippen LogP contribution in [0.25, 0.3) is 0 Å². The van der Waals surface area contributed by atoms with Gasteiger partial charge in [-0.05, 0) is 11.6 Å². The first-order valence-corrected chi connectivity index (χ1v) is 4.78. The zero-order chi connectivity index (χ0) is 9.68. The molecule has 0 bridgehead atoms. The number of likely N-dealkylation sites (N-methyl/N-ethyl adjacent to an activating group) is 1. The average molecular weight is 207 g/mol. The summed E-state index contributed by atoms with van der Waals surface area (Å²) in [5.74, 6) is 0. The maximum atomic E-state index is 10.7. The van der Waals surface area contributed by atoms with Crippen LogP contribution in [0.3, 0.4) is 0 Å². The van der Waals surface area contributed by atoms with Crippen molar-refractivity contribution in [3.05, 3.63) is 0 Å². The van der Waals surface area contributed by atoms with Crippen molar-refractivity contribution in [1.29, 1.82) is 0 Å². The van der Waals surface area contributed by atoms with Crippen LogP contribution in [0.5, 0.6) is 0 Å². The van der Waals surface area contributed by atoms with Crippen molar-refractivity contribution in [3.8, 4) is 0 Å². The first kappa shape index (κ1) is 10.8. The number of hydrogen-bond donors (Lipinski definition) is 0. The standard InChI is InChI=1S/C8H15ClN2O2/c1-10(8(9)12)2-3-11-4-6-13-7-5-11/h2-7H2,1H3. The number of ether oxygens (including phenoxy) is 1. The second kappa shape index (κ2) is 5.42. The van der Waals surface area contributed by atoms with Crippen LogP contribution in [0.15, 0.2) is 0 Å². The molecule has 5 heteroatoms. The fourth-order valence-corrected chi connectivity index (χ4v) is 1.29. The molecule has 0 aromatic carbocycles. The van der Waals surface area contributed by atoms with Gasteiger partial charge in [0, 0.05) is 33.2 Å². The molecule has 0 saturated carbocycles. The molecule has 76 valence electrons. The molecule has 0 radical (unpaired) electrons. The second-order valence-corrected chi connectivity index (χ2v) is 3.45. The molecule has 13 heavy (non-hydrogen) atoms. The predicted octanol–water partition coefficient (Wildman–Crippen LogP) is 0.609. The van der Waals surface area contributed by atoms with Gasteiger partial charge in [-0.3, -0.25) is 9.69 Å². The number of halogens is 1. The number of carbonyl (C=O) groups is 1. The molecule has 0 spiro atoms. The molecule has 1 fully saturated rings. The largest absolute Gasteiger partial charge is 0.379 e. The molecule has 1 heterocycles. The molecule has 0 unspecified atom stereocenters. The van der Waals surface area contributed by atoms with E-state index in [1.807, 2.05) is 0 Å². The lowest BCUT2D eigenvalue weighted by molar-refractivity contribution is 0.0360. The van der Waals surface area contributed by atoms with Gasteiger partial charge in [-0.1, -0.05) is 0 Å². The summed E-state index contributed by atoms with van der Waals surface area (Å²) in [5, 5.41) is -0.395. The van der Waals surface area contributed by atoms with E-state index < -0.39 is 5.37 Å². The van der Waals surface area contributed by atoms with Crippen molar-refractivity contribution in [2.24, 2.45) is 0 Å². The quantitative estimate of drug-likeness (QED) is 0.501. The first-order chi connectivity index (χ1) is 6.20. The Bertz CT molecular complexity index is 172. The van der Waals surface area contributed by atoms with E-state index in [0.717, 1.165) is 32.8 Å². The number of nitrogens with zero attached hydrogens (tertiary/aromatic N) is 2. The van der Waals surface area contributed by atoms with E-state index in [2.05, 4.69) is 4.90 Å². The molecule has 1 saturated heterocycles. The van der Waals surface area contributed by atoms with Crippen molar-refractivity contribution in [3.63, 3.8) is 0 Å². The highest BCUT2D eigenvalue weighted by Crippen LogP contribution is 1.98.